The molecule has 104 valence electrons. The van der Waals surface area contributed by atoms with Crippen LogP contribution in [-0.4, -0.2) is 27.4 Å². The van der Waals surface area contributed by atoms with Crippen molar-refractivity contribution in [3.8, 4) is 11.4 Å². The highest BCUT2D eigenvalue weighted by Gasteiger charge is 2.32. The zero-order valence-electron chi connectivity index (χ0n) is 9.90. The number of carbonyl (C=O) groups excluding carboxylic acids is 1. The summed E-state index contributed by atoms with van der Waals surface area (Å²) in [4.78, 5) is 15.7. The van der Waals surface area contributed by atoms with Gasteiger partial charge in [0.15, 0.2) is 17.4 Å². The molecule has 1 aliphatic rings. The number of aromatic nitrogens is 2. The average molecular weight is 361 g/mol. The van der Waals surface area contributed by atoms with Gasteiger partial charge in [0.25, 0.3) is 0 Å². The molecule has 1 saturated heterocycles. The lowest BCUT2D eigenvalue weighted by atomic mass is 10.1. The number of rotatable bonds is 2. The van der Waals surface area contributed by atoms with Crippen molar-refractivity contribution in [1.29, 1.82) is 0 Å². The highest BCUT2D eigenvalue weighted by atomic mass is 79.9. The zero-order valence-corrected chi connectivity index (χ0v) is 12.3. The SMILES string of the molecule is O=C1CSCC1c1nc(-c2ccc(F)c(F)c2Br)no1. The van der Waals surface area contributed by atoms with Gasteiger partial charge in [0, 0.05) is 11.3 Å². The maximum absolute atomic E-state index is 13.5. The number of hydrogen-bond donors (Lipinski definition) is 0. The molecule has 0 N–H and O–H groups in total. The summed E-state index contributed by atoms with van der Waals surface area (Å²) in [6.07, 6.45) is 0. The van der Waals surface area contributed by atoms with Gasteiger partial charge in [0.2, 0.25) is 11.7 Å². The van der Waals surface area contributed by atoms with Crippen LogP contribution in [0, 0.1) is 11.6 Å². The maximum Gasteiger partial charge on any atom is 0.238 e. The van der Waals surface area contributed by atoms with Crippen LogP contribution < -0.4 is 0 Å². The average Bonchev–Trinajstić information content (AvgIpc) is 3.05. The van der Waals surface area contributed by atoms with E-state index >= 15 is 0 Å². The number of benzene rings is 1. The summed E-state index contributed by atoms with van der Waals surface area (Å²) in [6.45, 7) is 0. The number of ketones is 1. The van der Waals surface area contributed by atoms with Gasteiger partial charge in [-0.15, -0.1) is 0 Å². The van der Waals surface area contributed by atoms with E-state index < -0.39 is 17.6 Å². The molecule has 0 saturated carbocycles. The van der Waals surface area contributed by atoms with Gasteiger partial charge < -0.3 is 4.52 Å². The Morgan fingerprint density at radius 1 is 1.40 bits per heavy atom. The minimum Gasteiger partial charge on any atom is -0.338 e. The number of Topliss-reactive ketones (excluding diaryl/α,β-unsaturated/α-hetero) is 1. The summed E-state index contributed by atoms with van der Waals surface area (Å²) >= 11 is 4.47. The van der Waals surface area contributed by atoms with Gasteiger partial charge in [0.05, 0.1) is 10.2 Å². The van der Waals surface area contributed by atoms with Gasteiger partial charge in [0.1, 0.15) is 5.92 Å². The van der Waals surface area contributed by atoms with Crippen LogP contribution in [0.15, 0.2) is 21.1 Å². The Balaban J connectivity index is 1.98. The third-order valence-corrected chi connectivity index (χ3v) is 4.77. The van der Waals surface area contributed by atoms with Gasteiger partial charge in [-0.05, 0) is 28.1 Å². The fraction of sp³-hybridized carbons (Fsp3) is 0.250. The highest BCUT2D eigenvalue weighted by Crippen LogP contribution is 2.33. The monoisotopic (exact) mass is 360 g/mol. The Labute approximate surface area is 125 Å². The molecule has 1 unspecified atom stereocenters. The van der Waals surface area contributed by atoms with Crippen molar-refractivity contribution in [1.82, 2.24) is 10.1 Å². The van der Waals surface area contributed by atoms with Crippen LogP contribution in [0.4, 0.5) is 8.78 Å². The summed E-state index contributed by atoms with van der Waals surface area (Å²) < 4.78 is 31.5. The zero-order chi connectivity index (χ0) is 14.3. The second-order valence-corrected chi connectivity index (χ2v) is 6.04. The van der Waals surface area contributed by atoms with E-state index in [2.05, 4.69) is 26.1 Å². The number of hydrogen-bond acceptors (Lipinski definition) is 5. The summed E-state index contributed by atoms with van der Waals surface area (Å²) in [7, 11) is 0. The molecule has 2 aromatic rings. The first kappa shape index (κ1) is 13.7. The molecular formula is C12H7BrF2N2O2S. The fourth-order valence-corrected chi connectivity index (χ4v) is 3.45. The second-order valence-electron chi connectivity index (χ2n) is 4.21. The van der Waals surface area contributed by atoms with Crippen LogP contribution in [0.25, 0.3) is 11.4 Å². The van der Waals surface area contributed by atoms with Crippen LogP contribution in [-0.2, 0) is 4.79 Å². The lowest BCUT2D eigenvalue weighted by Crippen LogP contribution is -2.09. The van der Waals surface area contributed by atoms with E-state index in [0.29, 0.717) is 11.5 Å². The van der Waals surface area contributed by atoms with E-state index in [4.69, 9.17) is 4.52 Å². The normalized spacial score (nSPS) is 18.8. The molecule has 20 heavy (non-hydrogen) atoms. The first-order valence-electron chi connectivity index (χ1n) is 5.66. The fourth-order valence-electron chi connectivity index (χ4n) is 1.86. The molecule has 8 heteroatoms. The largest absolute Gasteiger partial charge is 0.338 e. The van der Waals surface area contributed by atoms with E-state index in [9.17, 15) is 13.6 Å². The van der Waals surface area contributed by atoms with Gasteiger partial charge in [-0.25, -0.2) is 8.78 Å². The molecule has 0 spiro atoms. The number of nitrogens with zero attached hydrogens (tertiary/aromatic N) is 2. The summed E-state index contributed by atoms with van der Waals surface area (Å²) in [6, 6.07) is 2.34. The molecule has 2 heterocycles. The van der Waals surface area contributed by atoms with Crippen molar-refractivity contribution < 1.29 is 18.1 Å². The minimum absolute atomic E-state index is 0.0366. The van der Waals surface area contributed by atoms with E-state index in [1.165, 1.54) is 17.8 Å². The Morgan fingerprint density at radius 2 is 2.20 bits per heavy atom. The lowest BCUT2D eigenvalue weighted by Gasteiger charge is -2.01. The minimum atomic E-state index is -1.01. The molecule has 1 aromatic heterocycles. The summed E-state index contributed by atoms with van der Waals surface area (Å²) in [5, 5.41) is 3.73. The Hall–Kier alpha value is -1.28. The van der Waals surface area contributed by atoms with Crippen LogP contribution in [0.1, 0.15) is 11.8 Å². The molecule has 1 atom stereocenters. The smallest absolute Gasteiger partial charge is 0.238 e. The summed E-state index contributed by atoms with van der Waals surface area (Å²) in [5.41, 5.74) is 0.275. The predicted octanol–water partition coefficient (Wildman–Crippen LogP) is 3.18. The lowest BCUT2D eigenvalue weighted by molar-refractivity contribution is -0.117. The Morgan fingerprint density at radius 3 is 2.90 bits per heavy atom. The van der Waals surface area contributed by atoms with E-state index in [1.807, 2.05) is 0 Å². The van der Waals surface area contributed by atoms with Crippen molar-refractivity contribution in [2.75, 3.05) is 11.5 Å². The topological polar surface area (TPSA) is 56.0 Å². The highest BCUT2D eigenvalue weighted by molar-refractivity contribution is 9.10. The van der Waals surface area contributed by atoms with Crippen LogP contribution in [0.5, 0.6) is 0 Å². The first-order valence-corrected chi connectivity index (χ1v) is 7.60. The maximum atomic E-state index is 13.5. The Kier molecular flexibility index (Phi) is 3.59. The molecule has 3 rings (SSSR count). The van der Waals surface area contributed by atoms with Crippen molar-refractivity contribution >= 4 is 33.5 Å². The number of carbonyl (C=O) groups is 1. The third kappa shape index (κ3) is 2.26. The van der Waals surface area contributed by atoms with E-state index in [-0.39, 0.29) is 27.5 Å². The molecule has 1 fully saturated rings. The molecule has 4 nitrogen and oxygen atoms in total. The van der Waals surface area contributed by atoms with Gasteiger partial charge in [-0.3, -0.25) is 4.79 Å². The molecule has 0 bridgehead atoms. The van der Waals surface area contributed by atoms with Gasteiger partial charge in [-0.2, -0.15) is 16.7 Å². The van der Waals surface area contributed by atoms with Crippen molar-refractivity contribution in [2.24, 2.45) is 0 Å². The van der Waals surface area contributed by atoms with E-state index in [1.54, 1.807) is 0 Å². The van der Waals surface area contributed by atoms with Crippen molar-refractivity contribution in [2.45, 2.75) is 5.92 Å². The molecule has 1 aliphatic heterocycles. The number of halogens is 3. The molecular weight excluding hydrogens is 354 g/mol. The number of thioether (sulfide) groups is 1. The second kappa shape index (κ2) is 5.25. The summed E-state index contributed by atoms with van der Waals surface area (Å²) in [5.74, 6) is -0.994. The molecule has 1 aromatic carbocycles. The van der Waals surface area contributed by atoms with Gasteiger partial charge >= 0.3 is 0 Å². The first-order chi connectivity index (χ1) is 9.58. The standard InChI is InChI=1S/C12H7BrF2N2O2S/c13-9-5(1-2-7(14)10(9)15)11-16-12(19-17-11)6-3-20-4-8(6)18/h1-2,6H,3-4H2. The van der Waals surface area contributed by atoms with Crippen molar-refractivity contribution in [3.05, 3.63) is 34.1 Å². The van der Waals surface area contributed by atoms with Crippen molar-refractivity contribution in [3.63, 3.8) is 0 Å². The molecule has 0 amide bonds. The Bertz CT molecular complexity index is 692. The molecule has 0 radical (unpaired) electrons. The van der Waals surface area contributed by atoms with Gasteiger partial charge in [-0.1, -0.05) is 5.16 Å². The van der Waals surface area contributed by atoms with Crippen LogP contribution in [0.2, 0.25) is 0 Å². The molecule has 0 aliphatic carbocycles. The quantitative estimate of drug-likeness (QED) is 0.769. The third-order valence-electron chi connectivity index (χ3n) is 2.93. The van der Waals surface area contributed by atoms with E-state index in [0.717, 1.165) is 6.07 Å². The predicted molar refractivity (Wildman–Crippen MR) is 72.4 cm³/mol. The van der Waals surface area contributed by atoms with Crippen LogP contribution >= 0.6 is 27.7 Å². The van der Waals surface area contributed by atoms with Crippen LogP contribution in [0.3, 0.4) is 0 Å².